The van der Waals surface area contributed by atoms with Gasteiger partial charge in [-0.15, -0.1) is 0 Å². The van der Waals surface area contributed by atoms with Gasteiger partial charge in [0.2, 0.25) is 0 Å². The van der Waals surface area contributed by atoms with Gasteiger partial charge in [-0.2, -0.15) is 8.42 Å². The van der Waals surface area contributed by atoms with Crippen LogP contribution in [0, 0.1) is 0 Å². The first kappa shape index (κ1) is 13.0. The van der Waals surface area contributed by atoms with E-state index in [1.54, 1.807) is 0 Å². The van der Waals surface area contributed by atoms with Gasteiger partial charge in [0, 0.05) is 18.6 Å². The molecule has 0 fully saturated rings. The fraction of sp³-hybridized carbons (Fsp3) is 0.375. The maximum atomic E-state index is 10.4. The third-order valence-electron chi connectivity index (χ3n) is 1.60. The molecule has 0 radical (unpaired) electrons. The van der Waals surface area contributed by atoms with Gasteiger partial charge in [-0.1, -0.05) is 6.07 Å². The van der Waals surface area contributed by atoms with Gasteiger partial charge in [-0.05, 0) is 0 Å². The van der Waals surface area contributed by atoms with Crippen LogP contribution in [0.15, 0.2) is 30.6 Å². The van der Waals surface area contributed by atoms with Crippen molar-refractivity contribution in [3.8, 4) is 0 Å². The van der Waals surface area contributed by atoms with Crippen LogP contribution in [-0.4, -0.2) is 24.2 Å². The lowest BCUT2D eigenvalue weighted by atomic mass is 10.4. The van der Waals surface area contributed by atoms with Crippen molar-refractivity contribution >= 4 is 10.1 Å². The molecule has 6 heteroatoms. The first-order valence-corrected chi connectivity index (χ1v) is 5.58. The molecule has 0 aliphatic carbocycles. The minimum Gasteiger partial charge on any atom is -0.870 e. The minimum atomic E-state index is -3.81. The van der Waals surface area contributed by atoms with Gasteiger partial charge in [0.05, 0.1) is 5.75 Å². The molecule has 1 aromatic rings. The summed E-state index contributed by atoms with van der Waals surface area (Å²) in [5, 5.41) is 0. The zero-order valence-corrected chi connectivity index (χ0v) is 8.39. The lowest BCUT2D eigenvalue weighted by molar-refractivity contribution is -0.696. The van der Waals surface area contributed by atoms with Gasteiger partial charge in [-0.3, -0.25) is 4.55 Å². The zero-order chi connectivity index (χ0) is 9.73. The Bertz CT molecular complexity index is 349. The quantitative estimate of drug-likeness (QED) is 0.573. The SMILES string of the molecule is O=S(=O)(O)CCC[n+]1ccccc1.[OH-]. The van der Waals surface area contributed by atoms with Crippen LogP contribution >= 0.6 is 0 Å². The summed E-state index contributed by atoms with van der Waals surface area (Å²) in [5.74, 6) is -0.186. The van der Waals surface area contributed by atoms with Gasteiger partial charge >= 0.3 is 0 Å². The van der Waals surface area contributed by atoms with Crippen molar-refractivity contribution in [3.05, 3.63) is 30.6 Å². The Balaban J connectivity index is 0.00000169. The molecule has 0 aliphatic rings. The Hall–Kier alpha value is -0.980. The molecule has 0 unspecified atom stereocenters. The molecule has 0 spiro atoms. The number of aryl methyl sites for hydroxylation is 1. The normalized spacial score (nSPS) is 10.6. The fourth-order valence-corrected chi connectivity index (χ4v) is 1.51. The van der Waals surface area contributed by atoms with E-state index in [-0.39, 0.29) is 11.2 Å². The maximum Gasteiger partial charge on any atom is 0.265 e. The molecule has 0 amide bonds. The van der Waals surface area contributed by atoms with Gasteiger partial charge in [0.15, 0.2) is 12.4 Å². The van der Waals surface area contributed by atoms with Crippen molar-refractivity contribution in [3.63, 3.8) is 0 Å². The summed E-state index contributed by atoms with van der Waals surface area (Å²) >= 11 is 0. The van der Waals surface area contributed by atoms with E-state index in [1.165, 1.54) is 0 Å². The number of aromatic nitrogens is 1. The molecule has 0 saturated carbocycles. The van der Waals surface area contributed by atoms with Crippen molar-refractivity contribution in [1.29, 1.82) is 0 Å². The van der Waals surface area contributed by atoms with Crippen molar-refractivity contribution in [2.45, 2.75) is 13.0 Å². The third-order valence-corrected chi connectivity index (χ3v) is 2.40. The lowest BCUT2D eigenvalue weighted by Gasteiger charge is -1.94. The van der Waals surface area contributed by atoms with E-state index in [2.05, 4.69) is 0 Å². The minimum absolute atomic E-state index is 0. The molecule has 2 N–H and O–H groups in total. The summed E-state index contributed by atoms with van der Waals surface area (Å²) in [7, 11) is -3.81. The molecule has 0 aromatic carbocycles. The van der Waals surface area contributed by atoms with Crippen LogP contribution in [0.2, 0.25) is 0 Å². The largest absolute Gasteiger partial charge is 0.870 e. The van der Waals surface area contributed by atoms with Crippen molar-refractivity contribution < 1.29 is 23.0 Å². The van der Waals surface area contributed by atoms with E-state index in [1.807, 2.05) is 35.2 Å². The summed E-state index contributed by atoms with van der Waals surface area (Å²) in [6, 6.07) is 5.63. The summed E-state index contributed by atoms with van der Waals surface area (Å²) in [4.78, 5) is 0. The molecular formula is C8H13NO4S. The molecule has 0 saturated heterocycles. The average molecular weight is 219 g/mol. The Labute approximate surface area is 83.1 Å². The van der Waals surface area contributed by atoms with Crippen LogP contribution in [-0.2, 0) is 16.7 Å². The highest BCUT2D eigenvalue weighted by Crippen LogP contribution is 1.88. The second-order valence-corrected chi connectivity index (χ2v) is 4.32. The number of rotatable bonds is 4. The van der Waals surface area contributed by atoms with E-state index in [0.717, 1.165) is 0 Å². The first-order valence-electron chi connectivity index (χ1n) is 3.97. The molecule has 1 aromatic heterocycles. The standard InChI is InChI=1S/C8H11NO3S.H2O/c10-13(11,12)8-4-7-9-5-2-1-3-6-9;/h1-3,5-6H,4,7-8H2;1H2. The van der Waals surface area contributed by atoms with Crippen LogP contribution in [0.4, 0.5) is 0 Å². The molecule has 5 nitrogen and oxygen atoms in total. The molecule has 0 aliphatic heterocycles. The first-order chi connectivity index (χ1) is 6.08. The van der Waals surface area contributed by atoms with E-state index in [9.17, 15) is 8.42 Å². The zero-order valence-electron chi connectivity index (χ0n) is 7.57. The predicted molar refractivity (Wildman–Crippen MR) is 49.6 cm³/mol. The van der Waals surface area contributed by atoms with Gasteiger partial charge < -0.3 is 5.48 Å². The number of hydrogen-bond donors (Lipinski definition) is 1. The van der Waals surface area contributed by atoms with Gasteiger partial charge in [-0.25, -0.2) is 4.57 Å². The Morgan fingerprint density at radius 3 is 2.21 bits per heavy atom. The second-order valence-electron chi connectivity index (χ2n) is 2.75. The number of hydrogen-bond acceptors (Lipinski definition) is 3. The van der Waals surface area contributed by atoms with E-state index in [4.69, 9.17) is 4.55 Å². The van der Waals surface area contributed by atoms with Crippen molar-refractivity contribution in [2.75, 3.05) is 5.75 Å². The smallest absolute Gasteiger partial charge is 0.265 e. The lowest BCUT2D eigenvalue weighted by Crippen LogP contribution is -2.33. The number of pyridine rings is 1. The molecule has 0 atom stereocenters. The Morgan fingerprint density at radius 1 is 1.14 bits per heavy atom. The molecule has 1 rings (SSSR count). The van der Waals surface area contributed by atoms with E-state index >= 15 is 0 Å². The van der Waals surface area contributed by atoms with Gasteiger partial charge in [0.1, 0.15) is 6.54 Å². The average Bonchev–Trinajstić information content (AvgIpc) is 2.04. The summed E-state index contributed by atoms with van der Waals surface area (Å²) < 4.78 is 31.1. The molecule has 0 bridgehead atoms. The summed E-state index contributed by atoms with van der Waals surface area (Å²) in [5.41, 5.74) is 0. The van der Waals surface area contributed by atoms with Crippen molar-refractivity contribution in [2.24, 2.45) is 0 Å². The second kappa shape index (κ2) is 5.69. The monoisotopic (exact) mass is 219 g/mol. The van der Waals surface area contributed by atoms with E-state index < -0.39 is 10.1 Å². The number of nitrogens with zero attached hydrogens (tertiary/aromatic N) is 1. The molecular weight excluding hydrogens is 206 g/mol. The van der Waals surface area contributed by atoms with E-state index in [0.29, 0.717) is 13.0 Å². The Morgan fingerprint density at radius 2 is 1.71 bits per heavy atom. The molecule has 14 heavy (non-hydrogen) atoms. The van der Waals surface area contributed by atoms with Crippen LogP contribution in [0.25, 0.3) is 0 Å². The molecule has 1 heterocycles. The fourth-order valence-electron chi connectivity index (χ4n) is 1.01. The molecule has 80 valence electrons. The summed E-state index contributed by atoms with van der Waals surface area (Å²) in [6.45, 7) is 0.598. The summed E-state index contributed by atoms with van der Waals surface area (Å²) in [6.07, 6.45) is 4.13. The van der Waals surface area contributed by atoms with Gasteiger partial charge in [0.25, 0.3) is 10.1 Å². The van der Waals surface area contributed by atoms with Crippen molar-refractivity contribution in [1.82, 2.24) is 0 Å². The topological polar surface area (TPSA) is 88.2 Å². The van der Waals surface area contributed by atoms with Crippen LogP contribution in [0.3, 0.4) is 0 Å². The Kier molecular flexibility index (Phi) is 5.29. The highest BCUT2D eigenvalue weighted by Gasteiger charge is 2.06. The highest BCUT2D eigenvalue weighted by molar-refractivity contribution is 7.85. The van der Waals surface area contributed by atoms with Crippen LogP contribution in [0.1, 0.15) is 6.42 Å². The highest BCUT2D eigenvalue weighted by atomic mass is 32.2. The van der Waals surface area contributed by atoms with Crippen LogP contribution < -0.4 is 4.57 Å². The third kappa shape index (κ3) is 5.63. The predicted octanol–water partition coefficient (Wildman–Crippen LogP) is 0.0752. The maximum absolute atomic E-state index is 10.4. The van der Waals surface area contributed by atoms with Crippen LogP contribution in [0.5, 0.6) is 0 Å².